The number of primary amides is 1. The molecule has 6 rings (SSSR count). The summed E-state index contributed by atoms with van der Waals surface area (Å²) in [7, 11) is 0. The van der Waals surface area contributed by atoms with Gasteiger partial charge in [0.05, 0.1) is 18.3 Å². The Morgan fingerprint density at radius 3 is 2.26 bits per heavy atom. The van der Waals surface area contributed by atoms with E-state index in [0.717, 1.165) is 30.6 Å². The Bertz CT molecular complexity index is 1970. The van der Waals surface area contributed by atoms with Gasteiger partial charge in [-0.2, -0.15) is 26.3 Å². The number of carbonyl (C=O) groups excluding carboxylic acids is 2. The van der Waals surface area contributed by atoms with Crippen LogP contribution in [-0.4, -0.2) is 57.3 Å². The Labute approximate surface area is 278 Å². The van der Waals surface area contributed by atoms with Crippen molar-refractivity contribution in [3.05, 3.63) is 89.4 Å². The van der Waals surface area contributed by atoms with Gasteiger partial charge in [-0.05, 0) is 68.3 Å². The number of aromatic nitrogens is 3. The van der Waals surface area contributed by atoms with Crippen molar-refractivity contribution in [1.29, 1.82) is 0 Å². The number of pyridine rings is 1. The van der Waals surface area contributed by atoms with Crippen LogP contribution in [0.1, 0.15) is 47.2 Å². The molecule has 4 N–H and O–H groups in total. The molecule has 1 fully saturated rings. The van der Waals surface area contributed by atoms with Gasteiger partial charge in [0, 0.05) is 40.2 Å². The van der Waals surface area contributed by atoms with Gasteiger partial charge in [0.25, 0.3) is 5.91 Å². The normalized spacial score (nSPS) is 18.5. The summed E-state index contributed by atoms with van der Waals surface area (Å²) in [4.78, 5) is 36.5. The van der Waals surface area contributed by atoms with E-state index in [9.17, 15) is 45.4 Å². The zero-order valence-electron chi connectivity index (χ0n) is 25.8. The highest BCUT2D eigenvalue weighted by Crippen LogP contribution is 2.48. The monoisotopic (exact) mass is 705 g/mol. The molecule has 1 unspecified atom stereocenters. The Kier molecular flexibility index (Phi) is 8.44. The highest BCUT2D eigenvalue weighted by Gasteiger charge is 2.57. The number of hydrogen-bond acceptors (Lipinski definition) is 8. The van der Waals surface area contributed by atoms with Gasteiger partial charge in [-0.15, -0.1) is 0 Å². The molecule has 0 bridgehead atoms. The van der Waals surface area contributed by atoms with Gasteiger partial charge in [-0.1, -0.05) is 0 Å². The van der Waals surface area contributed by atoms with Gasteiger partial charge in [0.2, 0.25) is 17.3 Å². The number of aliphatic hydroxyl groups is 1. The fraction of sp³-hybridized carbons (Fsp3) is 0.303. The van der Waals surface area contributed by atoms with Crippen molar-refractivity contribution >= 4 is 11.8 Å². The van der Waals surface area contributed by atoms with Crippen LogP contribution in [0.4, 0.5) is 30.7 Å². The molecule has 10 nitrogen and oxygen atoms in total. The maximum atomic E-state index is 14.8. The standard InChI is InChI=1S/C33H26F7N5O5/c1-30(28(41)47)15-49-26-22(30)11-24(45-25(26)16-2-5-19(34)6-3-16)31(48,33(38,39)40)14-44-27(46)17-4-9-23(50-20-7-8-20)21(10-17)18-12-42-29(43-13-18)32(35,36)37/h2-6,9-13,20,48H,7-8,14-15H2,1H3,(H2,41,47)(H,44,46)/t30-,31?/m0/s1. The molecule has 1 aliphatic heterocycles. The van der Waals surface area contributed by atoms with E-state index in [1.165, 1.54) is 37.3 Å². The maximum Gasteiger partial charge on any atom is 0.451 e. The predicted octanol–water partition coefficient (Wildman–Crippen LogP) is 5.22. The Morgan fingerprint density at radius 2 is 1.68 bits per heavy atom. The van der Waals surface area contributed by atoms with E-state index in [0.29, 0.717) is 12.8 Å². The topological polar surface area (TPSA) is 150 Å². The molecule has 17 heteroatoms. The summed E-state index contributed by atoms with van der Waals surface area (Å²) >= 11 is 0. The van der Waals surface area contributed by atoms with E-state index in [1.807, 2.05) is 0 Å². The third-order valence-corrected chi connectivity index (χ3v) is 8.41. The average Bonchev–Trinajstić information content (AvgIpc) is 3.82. The van der Waals surface area contributed by atoms with Crippen molar-refractivity contribution in [3.8, 4) is 33.9 Å². The van der Waals surface area contributed by atoms with Crippen molar-refractivity contribution in [2.45, 2.75) is 49.2 Å². The second-order valence-corrected chi connectivity index (χ2v) is 12.1. The maximum absolute atomic E-state index is 14.8. The largest absolute Gasteiger partial charge is 0.490 e. The molecule has 0 radical (unpaired) electrons. The number of nitrogens with zero attached hydrogens (tertiary/aromatic N) is 3. The Morgan fingerprint density at radius 1 is 1.02 bits per heavy atom. The molecule has 2 aliphatic rings. The number of amides is 2. The molecule has 1 aliphatic carbocycles. The number of fused-ring (bicyclic) bond motifs is 1. The molecule has 0 saturated heterocycles. The minimum absolute atomic E-state index is 0.0329. The van der Waals surface area contributed by atoms with Crippen LogP contribution in [0.15, 0.2) is 60.9 Å². The summed E-state index contributed by atoms with van der Waals surface area (Å²) in [6.45, 7) is -0.494. The zero-order chi connectivity index (χ0) is 36.2. The zero-order valence-corrected chi connectivity index (χ0v) is 25.8. The highest BCUT2D eigenvalue weighted by molar-refractivity contribution is 5.96. The van der Waals surface area contributed by atoms with E-state index < -0.39 is 59.1 Å². The van der Waals surface area contributed by atoms with Gasteiger partial charge in [-0.25, -0.2) is 19.3 Å². The van der Waals surface area contributed by atoms with Gasteiger partial charge >= 0.3 is 12.4 Å². The van der Waals surface area contributed by atoms with Crippen LogP contribution in [-0.2, 0) is 22.0 Å². The molecule has 50 heavy (non-hydrogen) atoms. The van der Waals surface area contributed by atoms with Crippen molar-refractivity contribution in [3.63, 3.8) is 0 Å². The van der Waals surface area contributed by atoms with Gasteiger partial charge in [0.1, 0.15) is 35.0 Å². The number of halogens is 7. The van der Waals surface area contributed by atoms with E-state index in [2.05, 4.69) is 20.3 Å². The number of ether oxygens (including phenoxy) is 2. The van der Waals surface area contributed by atoms with Crippen molar-refractivity contribution in [1.82, 2.24) is 20.3 Å². The number of nitrogens with two attached hydrogens (primary N) is 1. The minimum Gasteiger partial charge on any atom is -0.490 e. The van der Waals surface area contributed by atoms with E-state index in [4.69, 9.17) is 15.2 Å². The van der Waals surface area contributed by atoms with Crippen LogP contribution in [0.2, 0.25) is 0 Å². The molecule has 1 saturated carbocycles. The summed E-state index contributed by atoms with van der Waals surface area (Å²) in [5.74, 6) is -4.02. The lowest BCUT2D eigenvalue weighted by Crippen LogP contribution is -2.51. The van der Waals surface area contributed by atoms with Crippen molar-refractivity contribution in [2.24, 2.45) is 5.73 Å². The molecule has 2 aromatic heterocycles. The smallest absolute Gasteiger partial charge is 0.451 e. The third kappa shape index (κ3) is 6.39. The quantitative estimate of drug-likeness (QED) is 0.201. The van der Waals surface area contributed by atoms with Crippen LogP contribution >= 0.6 is 0 Å². The first-order valence-electron chi connectivity index (χ1n) is 14.9. The van der Waals surface area contributed by atoms with Crippen LogP contribution in [0.25, 0.3) is 22.4 Å². The van der Waals surface area contributed by atoms with Gasteiger partial charge < -0.3 is 25.6 Å². The summed E-state index contributed by atoms with van der Waals surface area (Å²) in [6.07, 6.45) is -7.28. The van der Waals surface area contributed by atoms with Crippen LogP contribution in [0.3, 0.4) is 0 Å². The van der Waals surface area contributed by atoms with Gasteiger partial charge in [-0.3, -0.25) is 9.59 Å². The molecule has 2 atom stereocenters. The summed E-state index contributed by atoms with van der Waals surface area (Å²) < 4.78 is 109. The first kappa shape index (κ1) is 34.5. The molecule has 2 aromatic carbocycles. The number of rotatable bonds is 9. The summed E-state index contributed by atoms with van der Waals surface area (Å²) in [5.41, 5.74) is -1.29. The van der Waals surface area contributed by atoms with Crippen LogP contribution < -0.4 is 20.5 Å². The van der Waals surface area contributed by atoms with Crippen LogP contribution in [0.5, 0.6) is 11.5 Å². The number of alkyl halides is 6. The van der Waals surface area contributed by atoms with Crippen molar-refractivity contribution < 1.29 is 54.9 Å². The molecule has 2 amide bonds. The summed E-state index contributed by atoms with van der Waals surface area (Å²) in [5, 5.41) is 13.4. The van der Waals surface area contributed by atoms with Crippen LogP contribution in [0, 0.1) is 5.82 Å². The molecular weight excluding hydrogens is 679 g/mol. The van der Waals surface area contributed by atoms with E-state index in [1.54, 1.807) is 0 Å². The van der Waals surface area contributed by atoms with E-state index >= 15 is 0 Å². The number of carbonyl (C=O) groups is 2. The lowest BCUT2D eigenvalue weighted by Gasteiger charge is -2.31. The minimum atomic E-state index is -5.46. The Balaban J connectivity index is 1.36. The third-order valence-electron chi connectivity index (χ3n) is 8.41. The first-order chi connectivity index (χ1) is 23.4. The second-order valence-electron chi connectivity index (χ2n) is 12.1. The molecular formula is C33H26F7N5O5. The summed E-state index contributed by atoms with van der Waals surface area (Å²) in [6, 6.07) is 9.06. The number of hydrogen-bond donors (Lipinski definition) is 3. The van der Waals surface area contributed by atoms with Crippen molar-refractivity contribution in [2.75, 3.05) is 13.2 Å². The Hall–Kier alpha value is -5.32. The fourth-order valence-corrected chi connectivity index (χ4v) is 5.23. The predicted molar refractivity (Wildman–Crippen MR) is 160 cm³/mol. The molecule has 3 heterocycles. The lowest BCUT2D eigenvalue weighted by atomic mass is 9.81. The van der Waals surface area contributed by atoms with E-state index in [-0.39, 0.29) is 57.7 Å². The lowest BCUT2D eigenvalue weighted by molar-refractivity contribution is -0.265. The molecule has 4 aromatic rings. The first-order valence-corrected chi connectivity index (χ1v) is 14.9. The second kappa shape index (κ2) is 12.2. The number of benzene rings is 2. The fourth-order valence-electron chi connectivity index (χ4n) is 5.23. The SMILES string of the molecule is C[C@]1(C(N)=O)COc2c1cc(C(O)(CNC(=O)c1ccc(OC3CC3)c(-c3cnc(C(F)(F)F)nc3)c1)C(F)(F)F)nc2-c1ccc(F)cc1. The average molecular weight is 706 g/mol. The number of nitrogens with one attached hydrogen (secondary N) is 1. The molecule has 0 spiro atoms. The highest BCUT2D eigenvalue weighted by atomic mass is 19.4. The van der Waals surface area contributed by atoms with Gasteiger partial charge in [0.15, 0.2) is 0 Å². The molecule has 262 valence electrons.